The lowest BCUT2D eigenvalue weighted by molar-refractivity contribution is 0.590. The number of pyridine rings is 1. The predicted molar refractivity (Wildman–Crippen MR) is 63.5 cm³/mol. The minimum absolute atomic E-state index is 0.824. The maximum Gasteiger partial charge on any atom is 0.0271 e. The monoisotopic (exact) mass is 207 g/mol. The van der Waals surface area contributed by atoms with E-state index in [1.807, 2.05) is 24.5 Å². The third-order valence-corrected chi connectivity index (χ3v) is 2.39. The molecule has 1 aromatic heterocycles. The molecular formula is C12H21N3. The fraction of sp³-hybridized carbons (Fsp3) is 0.583. The van der Waals surface area contributed by atoms with Crippen molar-refractivity contribution in [2.75, 3.05) is 13.1 Å². The standard InChI is InChI=1S/C12H21N3/c13-7-3-1-2-4-8-15-11-12-5-9-14-10-6-12/h5-6,9-10,15H,1-4,7-8,11,13H2. The van der Waals surface area contributed by atoms with Crippen LogP contribution in [0.25, 0.3) is 0 Å². The topological polar surface area (TPSA) is 50.9 Å². The molecule has 0 aliphatic rings. The van der Waals surface area contributed by atoms with E-state index in [0.29, 0.717) is 0 Å². The molecule has 3 nitrogen and oxygen atoms in total. The Kier molecular flexibility index (Phi) is 6.79. The molecule has 0 spiro atoms. The summed E-state index contributed by atoms with van der Waals surface area (Å²) < 4.78 is 0. The van der Waals surface area contributed by atoms with Crippen LogP contribution in [0.4, 0.5) is 0 Å². The second-order valence-corrected chi connectivity index (χ2v) is 3.74. The van der Waals surface area contributed by atoms with Gasteiger partial charge in [0.05, 0.1) is 0 Å². The van der Waals surface area contributed by atoms with E-state index in [-0.39, 0.29) is 0 Å². The molecule has 0 bridgehead atoms. The van der Waals surface area contributed by atoms with Crippen molar-refractivity contribution in [2.45, 2.75) is 32.2 Å². The van der Waals surface area contributed by atoms with E-state index in [0.717, 1.165) is 26.1 Å². The van der Waals surface area contributed by atoms with Crippen molar-refractivity contribution in [1.29, 1.82) is 0 Å². The van der Waals surface area contributed by atoms with Gasteiger partial charge in [-0.2, -0.15) is 0 Å². The maximum absolute atomic E-state index is 5.42. The molecule has 0 aliphatic carbocycles. The molecule has 3 N–H and O–H groups in total. The highest BCUT2D eigenvalue weighted by atomic mass is 14.8. The Labute approximate surface area is 92.1 Å². The summed E-state index contributed by atoms with van der Waals surface area (Å²) in [6.45, 7) is 2.86. The number of rotatable bonds is 8. The summed E-state index contributed by atoms with van der Waals surface area (Å²) in [6.07, 6.45) is 8.60. The molecule has 3 heteroatoms. The number of nitrogens with zero attached hydrogens (tertiary/aromatic N) is 1. The first-order chi connectivity index (χ1) is 7.43. The largest absolute Gasteiger partial charge is 0.330 e. The molecule has 1 heterocycles. The zero-order valence-corrected chi connectivity index (χ0v) is 9.28. The first-order valence-corrected chi connectivity index (χ1v) is 5.73. The lowest BCUT2D eigenvalue weighted by Crippen LogP contribution is -2.14. The van der Waals surface area contributed by atoms with Crippen LogP contribution in [-0.2, 0) is 6.54 Å². The molecule has 0 radical (unpaired) electrons. The fourth-order valence-corrected chi connectivity index (χ4v) is 1.48. The van der Waals surface area contributed by atoms with Gasteiger partial charge in [0, 0.05) is 18.9 Å². The van der Waals surface area contributed by atoms with E-state index in [9.17, 15) is 0 Å². The molecule has 0 aromatic carbocycles. The molecule has 84 valence electrons. The van der Waals surface area contributed by atoms with Crippen LogP contribution >= 0.6 is 0 Å². The number of nitrogens with two attached hydrogens (primary N) is 1. The van der Waals surface area contributed by atoms with Crippen LogP contribution in [0.2, 0.25) is 0 Å². The molecule has 15 heavy (non-hydrogen) atoms. The lowest BCUT2D eigenvalue weighted by atomic mass is 10.2. The molecule has 0 amide bonds. The van der Waals surface area contributed by atoms with Crippen LogP contribution < -0.4 is 11.1 Å². The summed E-state index contributed by atoms with van der Waals surface area (Å²) in [7, 11) is 0. The molecular weight excluding hydrogens is 186 g/mol. The van der Waals surface area contributed by atoms with E-state index < -0.39 is 0 Å². The zero-order chi connectivity index (χ0) is 10.8. The van der Waals surface area contributed by atoms with Crippen LogP contribution in [0.1, 0.15) is 31.2 Å². The van der Waals surface area contributed by atoms with Gasteiger partial charge in [-0.1, -0.05) is 12.8 Å². The maximum atomic E-state index is 5.42. The van der Waals surface area contributed by atoms with Gasteiger partial charge in [0.1, 0.15) is 0 Å². The first-order valence-electron chi connectivity index (χ1n) is 5.73. The van der Waals surface area contributed by atoms with Crippen molar-refractivity contribution < 1.29 is 0 Å². The van der Waals surface area contributed by atoms with Crippen molar-refractivity contribution in [1.82, 2.24) is 10.3 Å². The van der Waals surface area contributed by atoms with Crippen LogP contribution in [0, 0.1) is 0 Å². The highest BCUT2D eigenvalue weighted by Gasteiger charge is 1.91. The Morgan fingerprint density at radius 3 is 2.53 bits per heavy atom. The van der Waals surface area contributed by atoms with Gasteiger partial charge in [-0.25, -0.2) is 0 Å². The fourth-order valence-electron chi connectivity index (χ4n) is 1.48. The van der Waals surface area contributed by atoms with Crippen LogP contribution in [0.3, 0.4) is 0 Å². The second-order valence-electron chi connectivity index (χ2n) is 3.74. The highest BCUT2D eigenvalue weighted by molar-refractivity contribution is 5.08. The minimum Gasteiger partial charge on any atom is -0.330 e. The van der Waals surface area contributed by atoms with Crippen LogP contribution in [0.15, 0.2) is 24.5 Å². The lowest BCUT2D eigenvalue weighted by Gasteiger charge is -2.04. The van der Waals surface area contributed by atoms with Crippen molar-refractivity contribution in [3.8, 4) is 0 Å². The smallest absolute Gasteiger partial charge is 0.0271 e. The van der Waals surface area contributed by atoms with E-state index >= 15 is 0 Å². The van der Waals surface area contributed by atoms with Crippen LogP contribution in [-0.4, -0.2) is 18.1 Å². The normalized spacial score (nSPS) is 10.5. The molecule has 0 fully saturated rings. The number of hydrogen-bond donors (Lipinski definition) is 2. The van der Waals surface area contributed by atoms with Gasteiger partial charge in [-0.3, -0.25) is 4.98 Å². The number of hydrogen-bond acceptors (Lipinski definition) is 3. The first kappa shape index (κ1) is 12.1. The Hall–Kier alpha value is -0.930. The molecule has 0 unspecified atom stereocenters. The van der Waals surface area contributed by atoms with Gasteiger partial charge in [0.2, 0.25) is 0 Å². The Balaban J connectivity index is 1.93. The zero-order valence-electron chi connectivity index (χ0n) is 9.28. The summed E-state index contributed by atoms with van der Waals surface area (Å²) in [5.74, 6) is 0. The third-order valence-electron chi connectivity index (χ3n) is 2.39. The van der Waals surface area contributed by atoms with Crippen molar-refractivity contribution >= 4 is 0 Å². The molecule has 0 saturated carbocycles. The highest BCUT2D eigenvalue weighted by Crippen LogP contribution is 1.98. The van der Waals surface area contributed by atoms with Gasteiger partial charge < -0.3 is 11.1 Å². The Morgan fingerprint density at radius 2 is 1.80 bits per heavy atom. The third kappa shape index (κ3) is 6.20. The number of aromatic nitrogens is 1. The average Bonchev–Trinajstić information content (AvgIpc) is 2.29. The summed E-state index contributed by atoms with van der Waals surface area (Å²) in [6, 6.07) is 4.09. The van der Waals surface area contributed by atoms with Gasteiger partial charge in [-0.05, 0) is 43.6 Å². The minimum atomic E-state index is 0.824. The van der Waals surface area contributed by atoms with Crippen molar-refractivity contribution in [2.24, 2.45) is 5.73 Å². The van der Waals surface area contributed by atoms with E-state index in [1.54, 1.807) is 0 Å². The number of unbranched alkanes of at least 4 members (excludes halogenated alkanes) is 3. The van der Waals surface area contributed by atoms with Gasteiger partial charge >= 0.3 is 0 Å². The van der Waals surface area contributed by atoms with Gasteiger partial charge in [-0.15, -0.1) is 0 Å². The summed E-state index contributed by atoms with van der Waals surface area (Å²) >= 11 is 0. The average molecular weight is 207 g/mol. The summed E-state index contributed by atoms with van der Waals surface area (Å²) in [4.78, 5) is 3.98. The SMILES string of the molecule is NCCCCCCNCc1ccncc1. The molecule has 1 aromatic rings. The quantitative estimate of drug-likeness (QED) is 0.638. The predicted octanol–water partition coefficient (Wildman–Crippen LogP) is 1.69. The second kappa shape index (κ2) is 8.38. The summed E-state index contributed by atoms with van der Waals surface area (Å²) in [5, 5.41) is 3.42. The molecule has 0 aliphatic heterocycles. The van der Waals surface area contributed by atoms with Gasteiger partial charge in [0.15, 0.2) is 0 Å². The molecule has 0 saturated heterocycles. The van der Waals surface area contributed by atoms with Gasteiger partial charge in [0.25, 0.3) is 0 Å². The van der Waals surface area contributed by atoms with Crippen molar-refractivity contribution in [3.63, 3.8) is 0 Å². The summed E-state index contributed by atoms with van der Waals surface area (Å²) in [5.41, 5.74) is 6.72. The van der Waals surface area contributed by atoms with E-state index in [2.05, 4.69) is 10.3 Å². The van der Waals surface area contributed by atoms with E-state index in [4.69, 9.17) is 5.73 Å². The Morgan fingerprint density at radius 1 is 1.07 bits per heavy atom. The van der Waals surface area contributed by atoms with E-state index in [1.165, 1.54) is 24.8 Å². The Bertz CT molecular complexity index is 236. The molecule has 0 atom stereocenters. The van der Waals surface area contributed by atoms with Crippen molar-refractivity contribution in [3.05, 3.63) is 30.1 Å². The van der Waals surface area contributed by atoms with Crippen LogP contribution in [0.5, 0.6) is 0 Å². The number of nitrogens with one attached hydrogen (secondary N) is 1. The molecule has 1 rings (SSSR count).